The van der Waals surface area contributed by atoms with Crippen molar-refractivity contribution in [1.29, 1.82) is 0 Å². The van der Waals surface area contributed by atoms with Crippen LogP contribution in [-0.2, 0) is 4.74 Å². The van der Waals surface area contributed by atoms with Gasteiger partial charge in [0.25, 0.3) is 0 Å². The molecule has 0 saturated carbocycles. The maximum absolute atomic E-state index is 11.3. The zero-order valence-electron chi connectivity index (χ0n) is 8.76. The summed E-state index contributed by atoms with van der Waals surface area (Å²) in [5, 5.41) is 1.94. The van der Waals surface area contributed by atoms with Crippen LogP contribution in [0.1, 0.15) is 21.6 Å². The Morgan fingerprint density at radius 1 is 1.59 bits per heavy atom. The quantitative estimate of drug-likeness (QED) is 0.476. The highest BCUT2D eigenvalue weighted by Gasteiger charge is 2.27. The Hall–Kier alpha value is -0.910. The molecule has 0 spiro atoms. The van der Waals surface area contributed by atoms with Gasteiger partial charge in [-0.2, -0.15) is 0 Å². The fourth-order valence-corrected chi connectivity index (χ4v) is 2.83. The fraction of sp³-hybridized carbons (Fsp3) is 0.200. The Labute approximate surface area is 113 Å². The number of aromatic nitrogens is 1. The van der Waals surface area contributed by atoms with Gasteiger partial charge in [-0.05, 0) is 12.1 Å². The van der Waals surface area contributed by atoms with E-state index in [1.807, 2.05) is 0 Å². The summed E-state index contributed by atoms with van der Waals surface area (Å²) in [7, 11) is 1.31. The Kier molecular flexibility index (Phi) is 3.81. The number of esters is 1. The van der Waals surface area contributed by atoms with Crippen LogP contribution in [0.3, 0.4) is 0 Å². The van der Waals surface area contributed by atoms with Gasteiger partial charge in [-0.1, -0.05) is 29.4 Å². The van der Waals surface area contributed by atoms with Crippen molar-refractivity contribution in [2.24, 2.45) is 0 Å². The first kappa shape index (κ1) is 12.5. The molecule has 7 heteroatoms. The maximum Gasteiger partial charge on any atom is 0.356 e. The zero-order valence-corrected chi connectivity index (χ0v) is 11.1. The second kappa shape index (κ2) is 5.16. The van der Waals surface area contributed by atoms with E-state index in [9.17, 15) is 4.79 Å². The monoisotopic (exact) mass is 290 g/mol. The predicted molar refractivity (Wildman–Crippen MR) is 67.5 cm³/mol. The summed E-state index contributed by atoms with van der Waals surface area (Å²) in [6, 6.07) is 5.09. The molecule has 0 amide bonds. The van der Waals surface area contributed by atoms with Crippen LogP contribution in [0.4, 0.5) is 0 Å². The first-order chi connectivity index (χ1) is 8.13. The van der Waals surface area contributed by atoms with Gasteiger partial charge in [0.15, 0.2) is 0 Å². The van der Waals surface area contributed by atoms with Crippen LogP contribution < -0.4 is 0 Å². The van der Waals surface area contributed by atoms with E-state index in [1.165, 1.54) is 23.3 Å². The molecule has 17 heavy (non-hydrogen) atoms. The van der Waals surface area contributed by atoms with E-state index in [0.29, 0.717) is 10.9 Å². The van der Waals surface area contributed by atoms with E-state index in [4.69, 9.17) is 23.4 Å². The van der Waals surface area contributed by atoms with Crippen molar-refractivity contribution in [3.8, 4) is 0 Å². The van der Waals surface area contributed by atoms with Crippen LogP contribution in [-0.4, -0.2) is 22.5 Å². The highest BCUT2D eigenvalue weighted by atomic mass is 35.5. The molecule has 1 aliphatic rings. The number of methoxy groups -OCH3 is 1. The largest absolute Gasteiger partial charge is 0.464 e. The van der Waals surface area contributed by atoms with E-state index in [1.54, 1.807) is 23.6 Å². The molecule has 2 heterocycles. The minimum atomic E-state index is -0.477. The lowest BCUT2D eigenvalue weighted by Crippen LogP contribution is -2.13. The van der Waals surface area contributed by atoms with Crippen LogP contribution >= 0.6 is 35.1 Å². The van der Waals surface area contributed by atoms with Crippen molar-refractivity contribution in [2.45, 2.75) is 5.37 Å². The molecule has 90 valence electrons. The topological polar surface area (TPSA) is 42.4 Å². The van der Waals surface area contributed by atoms with Gasteiger partial charge < -0.3 is 4.74 Å². The molecule has 1 atom stereocenters. The summed E-state index contributed by atoms with van der Waals surface area (Å²) in [5.74, 6) is -0.477. The molecule has 0 bridgehead atoms. The van der Waals surface area contributed by atoms with Crippen LogP contribution in [0.2, 0.25) is 0 Å². The summed E-state index contributed by atoms with van der Waals surface area (Å²) in [6.07, 6.45) is 0. The minimum Gasteiger partial charge on any atom is -0.464 e. The summed E-state index contributed by atoms with van der Waals surface area (Å²) in [6.45, 7) is 0. The minimum absolute atomic E-state index is 0.228. The second-order valence-corrected chi connectivity index (χ2v) is 4.89. The number of pyridine rings is 1. The standard InChI is InChI=1S/C10H8Cl2N2O2S/c1-16-10(15)7-4-2-3-6(13-7)9-14(12)8(11)5-17-9/h2-5,9H,1H3. The van der Waals surface area contributed by atoms with Gasteiger partial charge in [-0.15, -0.1) is 0 Å². The predicted octanol–water partition coefficient (Wildman–Crippen LogP) is 3.11. The molecule has 0 saturated heterocycles. The fourth-order valence-electron chi connectivity index (χ4n) is 1.33. The molecule has 4 nitrogen and oxygen atoms in total. The summed E-state index contributed by atoms with van der Waals surface area (Å²) >= 11 is 13.3. The molecular formula is C10H8Cl2N2O2S. The smallest absolute Gasteiger partial charge is 0.356 e. The Morgan fingerprint density at radius 3 is 2.94 bits per heavy atom. The number of ether oxygens (including phenoxy) is 1. The van der Waals surface area contributed by atoms with Gasteiger partial charge in [-0.3, -0.25) is 4.42 Å². The van der Waals surface area contributed by atoms with Crippen molar-refractivity contribution >= 4 is 41.1 Å². The molecule has 2 rings (SSSR count). The second-order valence-electron chi connectivity index (χ2n) is 3.18. The molecule has 0 N–H and O–H groups in total. The van der Waals surface area contributed by atoms with Gasteiger partial charge in [0.1, 0.15) is 16.2 Å². The van der Waals surface area contributed by atoms with Crippen molar-refractivity contribution < 1.29 is 9.53 Å². The molecule has 1 aromatic heterocycles. The number of hydrogen-bond donors (Lipinski definition) is 0. The van der Waals surface area contributed by atoms with Gasteiger partial charge >= 0.3 is 5.97 Å². The third-order valence-corrected chi connectivity index (χ3v) is 4.19. The Balaban J connectivity index is 2.26. The van der Waals surface area contributed by atoms with Gasteiger partial charge in [0, 0.05) is 17.2 Å². The molecule has 0 aliphatic carbocycles. The first-order valence-electron chi connectivity index (χ1n) is 4.65. The number of hydrogen-bond acceptors (Lipinski definition) is 5. The SMILES string of the molecule is COC(=O)c1cccc(C2SC=C(Cl)N2Cl)n1. The van der Waals surface area contributed by atoms with Crippen LogP contribution in [0.25, 0.3) is 0 Å². The summed E-state index contributed by atoms with van der Waals surface area (Å²) in [5.41, 5.74) is 0.901. The third-order valence-electron chi connectivity index (χ3n) is 2.12. The molecule has 1 aromatic rings. The molecule has 0 aromatic carbocycles. The lowest BCUT2D eigenvalue weighted by molar-refractivity contribution is 0.0593. The number of carbonyl (C=O) groups is 1. The van der Waals surface area contributed by atoms with Gasteiger partial charge in [-0.25, -0.2) is 9.78 Å². The highest BCUT2D eigenvalue weighted by molar-refractivity contribution is 8.02. The highest BCUT2D eigenvalue weighted by Crippen LogP contribution is 2.44. The van der Waals surface area contributed by atoms with E-state index >= 15 is 0 Å². The van der Waals surface area contributed by atoms with Crippen molar-refractivity contribution in [2.75, 3.05) is 7.11 Å². The number of halogens is 2. The summed E-state index contributed by atoms with van der Waals surface area (Å²) < 4.78 is 5.98. The number of carbonyl (C=O) groups excluding carboxylic acids is 1. The summed E-state index contributed by atoms with van der Waals surface area (Å²) in [4.78, 5) is 15.5. The average Bonchev–Trinajstić information content (AvgIpc) is 2.69. The number of rotatable bonds is 2. The van der Waals surface area contributed by atoms with Crippen LogP contribution in [0.5, 0.6) is 0 Å². The number of thioether (sulfide) groups is 1. The van der Waals surface area contributed by atoms with E-state index < -0.39 is 5.97 Å². The van der Waals surface area contributed by atoms with Gasteiger partial charge in [0.2, 0.25) is 0 Å². The molecular weight excluding hydrogens is 283 g/mol. The molecule has 0 radical (unpaired) electrons. The van der Waals surface area contributed by atoms with Crippen LogP contribution in [0, 0.1) is 0 Å². The molecule has 0 fully saturated rings. The normalized spacial score (nSPS) is 19.1. The lowest BCUT2D eigenvalue weighted by Gasteiger charge is -2.17. The van der Waals surface area contributed by atoms with E-state index in [2.05, 4.69) is 9.72 Å². The Morgan fingerprint density at radius 2 is 2.35 bits per heavy atom. The first-order valence-corrected chi connectivity index (χ1v) is 6.31. The van der Waals surface area contributed by atoms with Crippen molar-refractivity contribution in [1.82, 2.24) is 9.40 Å². The van der Waals surface area contributed by atoms with Crippen LogP contribution in [0.15, 0.2) is 28.8 Å². The molecule has 1 unspecified atom stereocenters. The van der Waals surface area contributed by atoms with Gasteiger partial charge in [0.05, 0.1) is 12.8 Å². The average molecular weight is 291 g/mol. The van der Waals surface area contributed by atoms with E-state index in [-0.39, 0.29) is 11.1 Å². The molecule has 1 aliphatic heterocycles. The Bertz CT molecular complexity index is 481. The van der Waals surface area contributed by atoms with E-state index in [0.717, 1.165) is 0 Å². The zero-order chi connectivity index (χ0) is 12.4. The third kappa shape index (κ3) is 2.51. The van der Waals surface area contributed by atoms with Crippen molar-refractivity contribution in [3.05, 3.63) is 40.2 Å². The lowest BCUT2D eigenvalue weighted by atomic mass is 10.3. The van der Waals surface area contributed by atoms with Crippen molar-refractivity contribution in [3.63, 3.8) is 0 Å². The number of nitrogens with zero attached hydrogens (tertiary/aromatic N) is 2. The maximum atomic E-state index is 11.3.